The van der Waals surface area contributed by atoms with Crippen LogP contribution in [0.5, 0.6) is 0 Å². The van der Waals surface area contributed by atoms with E-state index in [2.05, 4.69) is 15.1 Å². The number of anilines is 1. The molecule has 1 atom stereocenters. The number of carbonyl (C=O) groups excluding carboxylic acids is 2. The molecule has 34 heavy (non-hydrogen) atoms. The summed E-state index contributed by atoms with van der Waals surface area (Å²) in [6, 6.07) is 2.19. The number of hydrogen-bond donors (Lipinski definition) is 0. The standard InChI is InChI=1S/C22H24F3N7O2/c1-3-29(2)20(33)19-17(25)13-26-21(28-19)30-6-8-31(9-7-30)22(34)32-18(4-5-27-32)14-10-15(23)12-16(24)11-14/h5,10-13,18H,3-4,6-9H2,1-2H3. The molecule has 1 saturated heterocycles. The highest BCUT2D eigenvalue weighted by Gasteiger charge is 2.34. The maximum absolute atomic E-state index is 14.1. The van der Waals surface area contributed by atoms with Gasteiger partial charge in [-0.3, -0.25) is 4.79 Å². The van der Waals surface area contributed by atoms with E-state index in [1.165, 1.54) is 22.0 Å². The lowest BCUT2D eigenvalue weighted by atomic mass is 10.0. The van der Waals surface area contributed by atoms with Gasteiger partial charge < -0.3 is 14.7 Å². The molecule has 3 heterocycles. The van der Waals surface area contributed by atoms with Crippen LogP contribution in [-0.2, 0) is 0 Å². The molecule has 0 saturated carbocycles. The van der Waals surface area contributed by atoms with E-state index in [0.717, 1.165) is 12.3 Å². The van der Waals surface area contributed by atoms with E-state index in [0.29, 0.717) is 44.7 Å². The van der Waals surface area contributed by atoms with E-state index in [9.17, 15) is 22.8 Å². The Labute approximate surface area is 194 Å². The molecule has 0 radical (unpaired) electrons. The van der Waals surface area contributed by atoms with E-state index in [1.54, 1.807) is 30.0 Å². The summed E-state index contributed by atoms with van der Waals surface area (Å²) in [5.74, 6) is -2.57. The number of halogens is 3. The Bertz CT molecular complexity index is 1100. The number of piperazine rings is 1. The lowest BCUT2D eigenvalue weighted by Gasteiger charge is -2.37. The van der Waals surface area contributed by atoms with E-state index in [4.69, 9.17) is 0 Å². The normalized spacial score (nSPS) is 17.9. The van der Waals surface area contributed by atoms with Crippen molar-refractivity contribution in [3.63, 3.8) is 0 Å². The zero-order valence-corrected chi connectivity index (χ0v) is 18.8. The summed E-state index contributed by atoms with van der Waals surface area (Å²) in [5, 5.41) is 5.35. The monoisotopic (exact) mass is 475 g/mol. The number of urea groups is 1. The molecule has 0 aliphatic carbocycles. The molecule has 2 aliphatic rings. The number of rotatable bonds is 4. The van der Waals surface area contributed by atoms with Crippen molar-refractivity contribution < 1.29 is 22.8 Å². The van der Waals surface area contributed by atoms with Crippen molar-refractivity contribution in [3.05, 3.63) is 53.1 Å². The average Bonchev–Trinajstić information content (AvgIpc) is 3.32. The Morgan fingerprint density at radius 2 is 1.76 bits per heavy atom. The molecule has 12 heteroatoms. The molecule has 1 fully saturated rings. The second-order valence-corrected chi connectivity index (χ2v) is 8.04. The van der Waals surface area contributed by atoms with Gasteiger partial charge in [-0.05, 0) is 24.6 Å². The van der Waals surface area contributed by atoms with Gasteiger partial charge in [0.05, 0.1) is 12.2 Å². The molecule has 1 unspecified atom stereocenters. The minimum atomic E-state index is -0.797. The van der Waals surface area contributed by atoms with E-state index in [-0.39, 0.29) is 17.7 Å². The van der Waals surface area contributed by atoms with Gasteiger partial charge in [0.1, 0.15) is 11.6 Å². The molecule has 3 amide bonds. The van der Waals surface area contributed by atoms with Crippen molar-refractivity contribution in [1.82, 2.24) is 24.8 Å². The maximum Gasteiger partial charge on any atom is 0.341 e. The van der Waals surface area contributed by atoms with Crippen molar-refractivity contribution >= 4 is 24.1 Å². The van der Waals surface area contributed by atoms with Crippen molar-refractivity contribution in [2.45, 2.75) is 19.4 Å². The number of amides is 3. The summed E-state index contributed by atoms with van der Waals surface area (Å²) >= 11 is 0. The molecule has 180 valence electrons. The minimum absolute atomic E-state index is 0.202. The van der Waals surface area contributed by atoms with Gasteiger partial charge in [0, 0.05) is 58.5 Å². The fourth-order valence-corrected chi connectivity index (χ4v) is 3.87. The molecule has 2 aromatic rings. The molecule has 2 aliphatic heterocycles. The van der Waals surface area contributed by atoms with Gasteiger partial charge in [0.2, 0.25) is 5.95 Å². The quantitative estimate of drug-likeness (QED) is 0.679. The highest BCUT2D eigenvalue weighted by Crippen LogP contribution is 2.30. The zero-order valence-electron chi connectivity index (χ0n) is 18.8. The summed E-state index contributed by atoms with van der Waals surface area (Å²) in [4.78, 5) is 38.3. The summed E-state index contributed by atoms with van der Waals surface area (Å²) in [5.41, 5.74) is 0.0281. The smallest absolute Gasteiger partial charge is 0.341 e. The number of benzene rings is 1. The number of aromatic nitrogens is 2. The summed E-state index contributed by atoms with van der Waals surface area (Å²) in [6.07, 6.45) is 2.86. The fourth-order valence-electron chi connectivity index (χ4n) is 3.87. The molecule has 0 bridgehead atoms. The lowest BCUT2D eigenvalue weighted by molar-refractivity contribution is 0.0791. The third-order valence-corrected chi connectivity index (χ3v) is 5.88. The molecule has 1 aromatic heterocycles. The third kappa shape index (κ3) is 4.66. The number of nitrogens with zero attached hydrogens (tertiary/aromatic N) is 7. The highest BCUT2D eigenvalue weighted by atomic mass is 19.1. The largest absolute Gasteiger partial charge is 0.341 e. The van der Waals surface area contributed by atoms with Gasteiger partial charge in [0.25, 0.3) is 5.91 Å². The van der Waals surface area contributed by atoms with E-state index < -0.39 is 29.4 Å². The second-order valence-electron chi connectivity index (χ2n) is 8.04. The molecule has 0 N–H and O–H groups in total. The molecular formula is C22H24F3N7O2. The van der Waals surface area contributed by atoms with Crippen molar-refractivity contribution in [2.75, 3.05) is 44.7 Å². The first-order valence-electron chi connectivity index (χ1n) is 10.9. The van der Waals surface area contributed by atoms with Crippen molar-refractivity contribution in [2.24, 2.45) is 5.10 Å². The minimum Gasteiger partial charge on any atom is -0.341 e. The average molecular weight is 475 g/mol. The topological polar surface area (TPSA) is 85.2 Å². The van der Waals surface area contributed by atoms with Crippen LogP contribution < -0.4 is 4.90 Å². The van der Waals surface area contributed by atoms with Crippen molar-refractivity contribution in [1.29, 1.82) is 0 Å². The van der Waals surface area contributed by atoms with Crippen LogP contribution >= 0.6 is 0 Å². The Hall–Kier alpha value is -3.70. The van der Waals surface area contributed by atoms with E-state index in [1.807, 2.05) is 0 Å². The molecule has 0 spiro atoms. The van der Waals surface area contributed by atoms with Crippen LogP contribution in [0, 0.1) is 17.5 Å². The first-order chi connectivity index (χ1) is 16.3. The third-order valence-electron chi connectivity index (χ3n) is 5.88. The van der Waals surface area contributed by atoms with Gasteiger partial charge >= 0.3 is 6.03 Å². The summed E-state index contributed by atoms with van der Waals surface area (Å²) in [7, 11) is 1.56. The van der Waals surface area contributed by atoms with Gasteiger partial charge in [-0.25, -0.2) is 32.9 Å². The number of carbonyl (C=O) groups is 2. The second kappa shape index (κ2) is 9.65. The van der Waals surface area contributed by atoms with Crippen LogP contribution in [0.1, 0.15) is 35.4 Å². The van der Waals surface area contributed by atoms with Gasteiger partial charge in [0.15, 0.2) is 11.5 Å². The van der Waals surface area contributed by atoms with Crippen LogP contribution in [-0.4, -0.2) is 82.7 Å². The fraction of sp³-hybridized carbons (Fsp3) is 0.409. The maximum atomic E-state index is 14.1. The van der Waals surface area contributed by atoms with Crippen LogP contribution in [0.3, 0.4) is 0 Å². The SMILES string of the molecule is CCN(C)C(=O)c1nc(N2CCN(C(=O)N3N=CCC3c3cc(F)cc(F)c3)CC2)ncc1F. The van der Waals surface area contributed by atoms with Gasteiger partial charge in [-0.1, -0.05) is 0 Å². The highest BCUT2D eigenvalue weighted by molar-refractivity contribution is 5.92. The van der Waals surface area contributed by atoms with Crippen LogP contribution in [0.15, 0.2) is 29.5 Å². The van der Waals surface area contributed by atoms with Crippen LogP contribution in [0.25, 0.3) is 0 Å². The predicted molar refractivity (Wildman–Crippen MR) is 118 cm³/mol. The van der Waals surface area contributed by atoms with Crippen LogP contribution in [0.2, 0.25) is 0 Å². The lowest BCUT2D eigenvalue weighted by Crippen LogP contribution is -2.52. The summed E-state index contributed by atoms with van der Waals surface area (Å²) < 4.78 is 41.5. The predicted octanol–water partition coefficient (Wildman–Crippen LogP) is 2.66. The Kier molecular flexibility index (Phi) is 6.66. The van der Waals surface area contributed by atoms with Gasteiger partial charge in [-0.2, -0.15) is 5.10 Å². The molecule has 1 aromatic carbocycles. The number of hydrazone groups is 1. The molecule has 4 rings (SSSR count). The number of hydrogen-bond acceptors (Lipinski definition) is 6. The summed E-state index contributed by atoms with van der Waals surface area (Å²) in [6.45, 7) is 3.48. The Morgan fingerprint density at radius 1 is 1.09 bits per heavy atom. The Morgan fingerprint density at radius 3 is 2.41 bits per heavy atom. The first-order valence-corrected chi connectivity index (χ1v) is 10.9. The van der Waals surface area contributed by atoms with Crippen LogP contribution in [0.4, 0.5) is 23.9 Å². The van der Waals surface area contributed by atoms with E-state index >= 15 is 0 Å². The first kappa shape index (κ1) is 23.5. The van der Waals surface area contributed by atoms with Gasteiger partial charge in [-0.15, -0.1) is 0 Å². The zero-order chi connectivity index (χ0) is 24.4. The molecular weight excluding hydrogens is 451 g/mol. The molecule has 9 nitrogen and oxygen atoms in total. The Balaban J connectivity index is 1.43. The van der Waals surface area contributed by atoms with Crippen molar-refractivity contribution in [3.8, 4) is 0 Å².